The zero-order valence-corrected chi connectivity index (χ0v) is 12.3. The van der Waals surface area contributed by atoms with Gasteiger partial charge in [0.2, 0.25) is 0 Å². The van der Waals surface area contributed by atoms with Crippen molar-refractivity contribution in [3.05, 3.63) is 28.7 Å². The second-order valence-electron chi connectivity index (χ2n) is 3.79. The maximum absolute atomic E-state index is 11.7. The van der Waals surface area contributed by atoms with Crippen molar-refractivity contribution in [1.82, 2.24) is 0 Å². The maximum Gasteiger partial charge on any atom is 0.296 e. The Morgan fingerprint density at radius 3 is 2.35 bits per heavy atom. The summed E-state index contributed by atoms with van der Waals surface area (Å²) >= 11 is 3.26. The van der Waals surface area contributed by atoms with Crippen LogP contribution in [-0.4, -0.2) is 15.0 Å². The van der Waals surface area contributed by atoms with Crippen molar-refractivity contribution in [3.63, 3.8) is 0 Å². The van der Waals surface area contributed by atoms with Gasteiger partial charge in [-0.15, -0.1) is 0 Å². The van der Waals surface area contributed by atoms with Crippen LogP contribution in [0.15, 0.2) is 33.6 Å². The Kier molecular flexibility index (Phi) is 6.16. The lowest BCUT2D eigenvalue weighted by Gasteiger charge is -2.05. The molecule has 96 valence electrons. The molecule has 5 heteroatoms. The molecular formula is C12H17BrO3S. The van der Waals surface area contributed by atoms with E-state index in [1.54, 1.807) is 12.1 Å². The van der Waals surface area contributed by atoms with Crippen molar-refractivity contribution in [3.8, 4) is 0 Å². The van der Waals surface area contributed by atoms with Crippen LogP contribution in [0, 0.1) is 0 Å². The maximum atomic E-state index is 11.7. The summed E-state index contributed by atoms with van der Waals surface area (Å²) in [5, 5.41) is 0. The van der Waals surface area contributed by atoms with E-state index < -0.39 is 10.1 Å². The van der Waals surface area contributed by atoms with Gasteiger partial charge in [0.15, 0.2) is 0 Å². The summed E-state index contributed by atoms with van der Waals surface area (Å²) in [6, 6.07) is 6.44. The lowest BCUT2D eigenvalue weighted by atomic mass is 10.2. The van der Waals surface area contributed by atoms with Crippen LogP contribution in [0.1, 0.15) is 32.6 Å². The molecule has 3 nitrogen and oxygen atoms in total. The molecule has 0 spiro atoms. The minimum Gasteiger partial charge on any atom is -0.266 e. The summed E-state index contributed by atoms with van der Waals surface area (Å²) in [7, 11) is -3.59. The van der Waals surface area contributed by atoms with Crippen molar-refractivity contribution < 1.29 is 12.6 Å². The molecule has 0 bridgehead atoms. The first-order chi connectivity index (χ1) is 8.06. The predicted molar refractivity (Wildman–Crippen MR) is 71.4 cm³/mol. The number of rotatable bonds is 7. The second-order valence-corrected chi connectivity index (χ2v) is 6.32. The average Bonchev–Trinajstić information content (AvgIpc) is 2.29. The van der Waals surface area contributed by atoms with E-state index in [-0.39, 0.29) is 11.5 Å². The fraction of sp³-hybridized carbons (Fsp3) is 0.500. The highest BCUT2D eigenvalue weighted by atomic mass is 79.9. The van der Waals surface area contributed by atoms with E-state index in [4.69, 9.17) is 4.18 Å². The highest BCUT2D eigenvalue weighted by molar-refractivity contribution is 9.10. The Balaban J connectivity index is 2.48. The molecule has 0 aliphatic heterocycles. The van der Waals surface area contributed by atoms with Crippen LogP contribution >= 0.6 is 15.9 Å². The van der Waals surface area contributed by atoms with Crippen LogP contribution in [0.4, 0.5) is 0 Å². The number of unbranched alkanes of at least 4 members (excludes halogenated alkanes) is 3. The van der Waals surface area contributed by atoms with Crippen LogP contribution in [0.3, 0.4) is 0 Å². The smallest absolute Gasteiger partial charge is 0.266 e. The molecule has 0 radical (unpaired) electrons. The Bertz CT molecular complexity index is 426. The molecule has 1 aromatic rings. The Hall–Kier alpha value is -0.390. The monoisotopic (exact) mass is 320 g/mol. The van der Waals surface area contributed by atoms with Gasteiger partial charge in [-0.05, 0) is 30.7 Å². The normalized spacial score (nSPS) is 11.6. The zero-order valence-electron chi connectivity index (χ0n) is 9.86. The fourth-order valence-electron chi connectivity index (χ4n) is 1.37. The summed E-state index contributed by atoms with van der Waals surface area (Å²) in [6.45, 7) is 2.37. The third kappa shape index (κ3) is 5.19. The van der Waals surface area contributed by atoms with E-state index in [2.05, 4.69) is 22.9 Å². The summed E-state index contributed by atoms with van der Waals surface area (Å²) in [5.41, 5.74) is 0. The van der Waals surface area contributed by atoms with Crippen LogP contribution in [0.5, 0.6) is 0 Å². The molecule has 0 aliphatic carbocycles. The van der Waals surface area contributed by atoms with E-state index in [9.17, 15) is 8.42 Å². The molecule has 0 aromatic heterocycles. The van der Waals surface area contributed by atoms with Gasteiger partial charge in [0.25, 0.3) is 10.1 Å². The van der Waals surface area contributed by atoms with Gasteiger partial charge < -0.3 is 0 Å². The van der Waals surface area contributed by atoms with Crippen LogP contribution in [0.2, 0.25) is 0 Å². The first-order valence-corrected chi connectivity index (χ1v) is 7.91. The Morgan fingerprint density at radius 2 is 1.76 bits per heavy atom. The quantitative estimate of drug-likeness (QED) is 0.568. The van der Waals surface area contributed by atoms with Gasteiger partial charge in [-0.1, -0.05) is 42.1 Å². The number of hydrogen-bond donors (Lipinski definition) is 0. The minimum absolute atomic E-state index is 0.205. The lowest BCUT2D eigenvalue weighted by molar-refractivity contribution is 0.307. The first kappa shape index (κ1) is 14.7. The van der Waals surface area contributed by atoms with Gasteiger partial charge in [-0.25, -0.2) is 0 Å². The summed E-state index contributed by atoms with van der Waals surface area (Å²) < 4.78 is 29.3. The molecule has 17 heavy (non-hydrogen) atoms. The highest BCUT2D eigenvalue weighted by Gasteiger charge is 2.14. The van der Waals surface area contributed by atoms with Crippen molar-refractivity contribution in [2.45, 2.75) is 37.5 Å². The van der Waals surface area contributed by atoms with Crippen LogP contribution in [-0.2, 0) is 14.3 Å². The van der Waals surface area contributed by atoms with Gasteiger partial charge in [-0.2, -0.15) is 8.42 Å². The number of hydrogen-bond acceptors (Lipinski definition) is 3. The standard InChI is InChI=1S/C12H17BrO3S/c1-2-3-4-5-10-16-17(14,15)12-8-6-11(13)7-9-12/h6-9H,2-5,10H2,1H3. The summed E-state index contributed by atoms with van der Waals surface area (Å²) in [5.74, 6) is 0. The van der Waals surface area contributed by atoms with E-state index in [1.165, 1.54) is 12.1 Å². The number of benzene rings is 1. The van der Waals surface area contributed by atoms with E-state index in [0.717, 1.165) is 30.2 Å². The summed E-state index contributed by atoms with van der Waals surface area (Å²) in [6.07, 6.45) is 4.02. The molecule has 0 unspecified atom stereocenters. The van der Waals surface area contributed by atoms with Gasteiger partial charge in [-0.3, -0.25) is 4.18 Å². The van der Waals surface area contributed by atoms with Crippen molar-refractivity contribution in [1.29, 1.82) is 0 Å². The molecule has 1 aromatic carbocycles. The van der Waals surface area contributed by atoms with Gasteiger partial charge >= 0.3 is 0 Å². The SMILES string of the molecule is CCCCCCOS(=O)(=O)c1ccc(Br)cc1. The topological polar surface area (TPSA) is 43.4 Å². The van der Waals surface area contributed by atoms with Crippen molar-refractivity contribution in [2.24, 2.45) is 0 Å². The molecule has 0 aliphatic rings. The lowest BCUT2D eigenvalue weighted by Crippen LogP contribution is -2.07. The zero-order chi connectivity index (χ0) is 12.7. The molecule has 0 fully saturated rings. The molecular weight excluding hydrogens is 304 g/mol. The Morgan fingerprint density at radius 1 is 1.12 bits per heavy atom. The molecule has 0 saturated heterocycles. The average molecular weight is 321 g/mol. The predicted octanol–water partition coefficient (Wildman–Crippen LogP) is 3.73. The molecule has 0 heterocycles. The van der Waals surface area contributed by atoms with Crippen molar-refractivity contribution in [2.75, 3.05) is 6.61 Å². The minimum atomic E-state index is -3.59. The third-order valence-corrected chi connectivity index (χ3v) is 4.19. The molecule has 0 N–H and O–H groups in total. The molecule has 0 amide bonds. The molecule has 0 atom stereocenters. The van der Waals surface area contributed by atoms with Gasteiger partial charge in [0, 0.05) is 4.47 Å². The first-order valence-electron chi connectivity index (χ1n) is 5.71. The van der Waals surface area contributed by atoms with E-state index in [1.807, 2.05) is 0 Å². The van der Waals surface area contributed by atoms with E-state index in [0.29, 0.717) is 0 Å². The van der Waals surface area contributed by atoms with Gasteiger partial charge in [0.1, 0.15) is 0 Å². The van der Waals surface area contributed by atoms with Crippen molar-refractivity contribution >= 4 is 26.0 Å². The third-order valence-electron chi connectivity index (χ3n) is 2.34. The van der Waals surface area contributed by atoms with E-state index >= 15 is 0 Å². The van der Waals surface area contributed by atoms with Crippen LogP contribution in [0.25, 0.3) is 0 Å². The molecule has 1 rings (SSSR count). The molecule has 0 saturated carbocycles. The highest BCUT2D eigenvalue weighted by Crippen LogP contribution is 2.17. The Labute approximate surface area is 111 Å². The number of halogens is 1. The van der Waals surface area contributed by atoms with Crippen LogP contribution < -0.4 is 0 Å². The summed E-state index contributed by atoms with van der Waals surface area (Å²) in [4.78, 5) is 0.205. The second kappa shape index (κ2) is 7.13. The largest absolute Gasteiger partial charge is 0.296 e. The fourth-order valence-corrected chi connectivity index (χ4v) is 2.57. The van der Waals surface area contributed by atoms with Gasteiger partial charge in [0.05, 0.1) is 11.5 Å².